The van der Waals surface area contributed by atoms with Crippen molar-refractivity contribution in [3.05, 3.63) is 142 Å². The van der Waals surface area contributed by atoms with Gasteiger partial charge in [-0.25, -0.2) is 19.7 Å². The quantitative estimate of drug-likeness (QED) is 0.0611. The minimum atomic E-state index is -3.83. The van der Waals surface area contributed by atoms with Gasteiger partial charge in [-0.2, -0.15) is 8.78 Å². The number of nitrogens with zero attached hydrogens (tertiary/aromatic N) is 5. The number of alkyl halides is 2. The van der Waals surface area contributed by atoms with Crippen molar-refractivity contribution < 1.29 is 47.7 Å². The highest BCUT2D eigenvalue weighted by Crippen LogP contribution is 2.40. The zero-order chi connectivity index (χ0) is 58.2. The molecule has 1 aliphatic carbocycles. The Labute approximate surface area is 482 Å². The highest BCUT2D eigenvalue weighted by molar-refractivity contribution is 7.22. The zero-order valence-electron chi connectivity index (χ0n) is 46.5. The van der Waals surface area contributed by atoms with E-state index < -0.39 is 71.6 Å². The molecule has 10 rings (SSSR count). The van der Waals surface area contributed by atoms with Crippen molar-refractivity contribution in [2.45, 2.75) is 129 Å². The molecule has 0 spiro atoms. The van der Waals surface area contributed by atoms with E-state index >= 15 is 8.78 Å². The van der Waals surface area contributed by atoms with E-state index in [2.05, 4.69) is 30.9 Å². The Morgan fingerprint density at radius 3 is 2.32 bits per heavy atom. The minimum absolute atomic E-state index is 0.0565. The number of aromatic nitrogens is 3. The molecule has 3 aliphatic rings. The average molecular weight is 1150 g/mol. The molecule has 4 aromatic carbocycles. The first-order valence-corrected chi connectivity index (χ1v) is 29.3. The smallest absolute Gasteiger partial charge is 0.355 e. The van der Waals surface area contributed by atoms with E-state index in [1.54, 1.807) is 62.7 Å². The molecule has 0 bridgehead atoms. The number of amides is 4. The summed E-state index contributed by atoms with van der Waals surface area (Å²) in [7, 11) is 0. The van der Waals surface area contributed by atoms with Gasteiger partial charge in [0.15, 0.2) is 10.8 Å². The summed E-state index contributed by atoms with van der Waals surface area (Å²) in [5.41, 5.74) is 8.14. The Morgan fingerprint density at radius 2 is 1.61 bits per heavy atom. The molecule has 1 saturated heterocycles. The fourth-order valence-electron chi connectivity index (χ4n) is 11.5. The molecule has 16 nitrogen and oxygen atoms in total. The van der Waals surface area contributed by atoms with Gasteiger partial charge >= 0.3 is 11.9 Å². The Balaban J connectivity index is 0.744. The molecule has 20 heteroatoms. The first-order valence-electron chi connectivity index (χ1n) is 27.6. The van der Waals surface area contributed by atoms with Crippen molar-refractivity contribution in [2.24, 2.45) is 11.3 Å². The molecule has 82 heavy (non-hydrogen) atoms. The van der Waals surface area contributed by atoms with Gasteiger partial charge in [0.1, 0.15) is 23.7 Å². The molecule has 428 valence electrons. The van der Waals surface area contributed by atoms with Crippen LogP contribution in [-0.4, -0.2) is 103 Å². The predicted octanol–water partition coefficient (Wildman–Crippen LogP) is 10.9. The van der Waals surface area contributed by atoms with Gasteiger partial charge in [-0.1, -0.05) is 92.8 Å². The summed E-state index contributed by atoms with van der Waals surface area (Å²) in [4.78, 5) is 86.1. The number of carbonyl (C=O) groups excluding carboxylic acids is 4. The first kappa shape index (κ1) is 57.6. The minimum Gasteiger partial charge on any atom is -0.490 e. The maximum atomic E-state index is 16.1. The van der Waals surface area contributed by atoms with Crippen molar-refractivity contribution in [2.75, 3.05) is 23.3 Å². The second kappa shape index (κ2) is 23.7. The number of aromatic carboxylic acids is 1. The summed E-state index contributed by atoms with van der Waals surface area (Å²) < 4.78 is 39.6. The number of anilines is 2. The summed E-state index contributed by atoms with van der Waals surface area (Å²) in [5.74, 6) is -7.73. The lowest BCUT2D eigenvalue weighted by Gasteiger charge is -2.36. The van der Waals surface area contributed by atoms with Crippen molar-refractivity contribution in [3.63, 3.8) is 0 Å². The first-order chi connectivity index (χ1) is 39.1. The third kappa shape index (κ3) is 12.4. The van der Waals surface area contributed by atoms with Crippen LogP contribution in [0.1, 0.15) is 121 Å². The number of ether oxygens (including phenoxy) is 1. The van der Waals surface area contributed by atoms with Crippen LogP contribution in [0.3, 0.4) is 0 Å². The highest BCUT2D eigenvalue weighted by Gasteiger charge is 2.49. The van der Waals surface area contributed by atoms with Crippen LogP contribution in [0, 0.1) is 25.2 Å². The van der Waals surface area contributed by atoms with Crippen LogP contribution in [0.4, 0.5) is 19.7 Å². The highest BCUT2D eigenvalue weighted by atomic mass is 32.1. The van der Waals surface area contributed by atoms with Gasteiger partial charge in [-0.05, 0) is 134 Å². The molecule has 0 radical (unpaired) electrons. The number of pyridine rings is 1. The second-order valence-corrected chi connectivity index (χ2v) is 24.7. The predicted molar refractivity (Wildman–Crippen MR) is 312 cm³/mol. The topological polar surface area (TPSA) is 216 Å². The molecule has 2 aliphatic heterocycles. The lowest BCUT2D eigenvalue weighted by Crippen LogP contribution is -2.60. The number of aryl methyl sites for hydroxylation is 1. The molecule has 2 fully saturated rings. The molecule has 5 heterocycles. The number of hydrogen-bond donors (Lipinski definition) is 5. The Bertz CT molecular complexity index is 3520. The molecular weight excluding hydrogens is 1090 g/mol. The summed E-state index contributed by atoms with van der Waals surface area (Å²) >= 11 is 2.93. The standard InChI is InChI=1S/C62H66F2N8O8S2/c1-34-43(44-25-26-51(68-52(44)58(77)78)71-28-27-39-11-9-13-45(46(39)32-71)55(74)70-60-67-47-14-7-8-16-50(47)82-60)12-10-15-49(34)80-42-23-17-37(18-24-42)30-62(63,64)59(79)69-54(61(4,5)6)57(76)72-31-41(73)29-48(72)56(75)66-35(2)38-19-21-40(22-20-38)53-36(3)65-33-81-53/h7-16,19-22,25-26,33,35,37,41-42,48,54,73H,17-18,23-24,27-32H2,1-6H3,(H,66,75)(H,69,79)(H,77,78)(H,67,70,74)/t35-,37?,41+,42?,48-,54?/m0/s1. The zero-order valence-corrected chi connectivity index (χ0v) is 48.1. The lowest BCUT2D eigenvalue weighted by molar-refractivity contribution is -0.154. The molecule has 4 amide bonds. The Morgan fingerprint density at radius 1 is 0.866 bits per heavy atom. The maximum absolute atomic E-state index is 16.1. The number of carboxylic acid groups (broad SMARTS) is 1. The normalized spacial score (nSPS) is 19.0. The second-order valence-electron chi connectivity index (χ2n) is 22.8. The number of benzene rings is 4. The van der Waals surface area contributed by atoms with Crippen LogP contribution >= 0.6 is 22.7 Å². The summed E-state index contributed by atoms with van der Waals surface area (Å²) in [6, 6.07) is 26.9. The largest absolute Gasteiger partial charge is 0.490 e. The van der Waals surface area contributed by atoms with Crippen LogP contribution in [0.2, 0.25) is 0 Å². The van der Waals surface area contributed by atoms with Crippen LogP contribution in [-0.2, 0) is 27.3 Å². The number of thiazole rings is 2. The lowest BCUT2D eigenvalue weighted by atomic mass is 9.82. The number of aliphatic hydroxyl groups excluding tert-OH is 1. The number of aliphatic hydroxyl groups is 1. The van der Waals surface area contributed by atoms with E-state index in [0.29, 0.717) is 84.1 Å². The van der Waals surface area contributed by atoms with Gasteiger partial charge in [0.05, 0.1) is 44.5 Å². The van der Waals surface area contributed by atoms with E-state index in [4.69, 9.17) is 4.74 Å². The summed E-state index contributed by atoms with van der Waals surface area (Å²) in [5, 5.41) is 30.1. The van der Waals surface area contributed by atoms with Crippen molar-refractivity contribution in [3.8, 4) is 27.3 Å². The number of rotatable bonds is 16. The van der Waals surface area contributed by atoms with Crippen molar-refractivity contribution >= 4 is 73.4 Å². The van der Waals surface area contributed by atoms with Gasteiger partial charge in [0.25, 0.3) is 11.8 Å². The average Bonchev–Trinajstić information content (AvgIpc) is 4.32. The SMILES string of the molecule is Cc1ncsc1-c1ccc([C@H](C)NC(=O)[C@@H]2C[C@@H](O)CN2C(=O)C(NC(=O)C(F)(F)CC2CCC(Oc3cccc(-c4ccc(N5CCc6cccc(C(=O)Nc7nc8ccccc8s7)c6C5)nc4C(=O)O)c3C)CC2)C(C)(C)C)cc1. The van der Waals surface area contributed by atoms with E-state index in [-0.39, 0.29) is 30.7 Å². The van der Waals surface area contributed by atoms with Crippen LogP contribution in [0.15, 0.2) is 103 Å². The molecule has 1 unspecified atom stereocenters. The van der Waals surface area contributed by atoms with E-state index in [1.807, 2.05) is 86.3 Å². The third-order valence-electron chi connectivity index (χ3n) is 16.0. The number of nitrogens with one attached hydrogen (secondary N) is 3. The van der Waals surface area contributed by atoms with Crippen LogP contribution in [0.5, 0.6) is 5.75 Å². The third-order valence-corrected chi connectivity index (χ3v) is 17.9. The number of hydrogen-bond acceptors (Lipinski definition) is 13. The fraction of sp³-hybridized carbons (Fsp3) is 0.387. The maximum Gasteiger partial charge on any atom is 0.355 e. The summed E-state index contributed by atoms with van der Waals surface area (Å²) in [6.45, 7) is 11.2. The number of carboxylic acids is 1. The molecule has 4 atom stereocenters. The number of para-hydroxylation sites is 1. The molecule has 5 N–H and O–H groups in total. The number of β-amino-alcohol motifs (C(OH)–C–C–N with tert-alkyl or cyclic N) is 1. The Kier molecular flexibility index (Phi) is 16.6. The molecule has 3 aromatic heterocycles. The van der Waals surface area contributed by atoms with E-state index in [0.717, 1.165) is 43.0 Å². The van der Waals surface area contributed by atoms with Gasteiger partial charge in [-0.15, -0.1) is 11.3 Å². The van der Waals surface area contributed by atoms with Crippen LogP contribution < -0.4 is 25.6 Å². The van der Waals surface area contributed by atoms with E-state index in [1.165, 1.54) is 27.6 Å². The van der Waals surface area contributed by atoms with Gasteiger partial charge in [0, 0.05) is 43.6 Å². The number of halogens is 2. The van der Waals surface area contributed by atoms with Gasteiger partial charge in [0.2, 0.25) is 11.8 Å². The summed E-state index contributed by atoms with van der Waals surface area (Å²) in [6.07, 6.45) is -0.0276. The fourth-order valence-corrected chi connectivity index (χ4v) is 13.1. The van der Waals surface area contributed by atoms with Crippen LogP contribution in [0.25, 0.3) is 31.8 Å². The Hall–Kier alpha value is -7.68. The molecular formula is C62H66F2N8O8S2. The van der Waals surface area contributed by atoms with E-state index in [9.17, 15) is 34.2 Å². The van der Waals surface area contributed by atoms with Gasteiger partial charge < -0.3 is 35.4 Å². The number of carbonyl (C=O) groups is 5. The molecule has 1 saturated carbocycles. The monoisotopic (exact) mass is 1150 g/mol. The molecule has 7 aromatic rings. The van der Waals surface area contributed by atoms with Crippen molar-refractivity contribution in [1.29, 1.82) is 0 Å². The number of likely N-dealkylation sites (tertiary alicyclic amines) is 1. The van der Waals surface area contributed by atoms with Gasteiger partial charge in [-0.3, -0.25) is 24.5 Å². The number of fused-ring (bicyclic) bond motifs is 2. The van der Waals surface area contributed by atoms with Crippen molar-refractivity contribution in [1.82, 2.24) is 30.5 Å².